The Hall–Kier alpha value is -5.10. The Morgan fingerprint density at radius 3 is 2.74 bits per heavy atom. The van der Waals surface area contributed by atoms with E-state index in [1.807, 2.05) is 30.3 Å². The molecule has 2 aliphatic rings. The fourth-order valence-electron chi connectivity index (χ4n) is 5.56. The van der Waals surface area contributed by atoms with E-state index in [1.54, 1.807) is 41.3 Å². The van der Waals surface area contributed by atoms with Crippen LogP contribution in [0.15, 0.2) is 66.7 Å². The number of rotatable bonds is 6. The molecule has 3 heterocycles. The van der Waals surface area contributed by atoms with Crippen LogP contribution >= 0.6 is 11.6 Å². The molecule has 1 saturated heterocycles. The zero-order valence-electron chi connectivity index (χ0n) is 23.0. The minimum atomic E-state index is -1.05. The first kappa shape index (κ1) is 28.0. The van der Waals surface area contributed by atoms with Crippen molar-refractivity contribution in [2.75, 3.05) is 30.8 Å². The molecule has 1 spiro atoms. The summed E-state index contributed by atoms with van der Waals surface area (Å²) in [6, 6.07) is 18.4. The molecule has 0 aliphatic carbocycles. The van der Waals surface area contributed by atoms with Crippen molar-refractivity contribution in [1.29, 1.82) is 0 Å². The Bertz CT molecular complexity index is 1740. The van der Waals surface area contributed by atoms with Gasteiger partial charge in [-0.2, -0.15) is 5.10 Å². The molecular formula is C30H27ClN6O6. The van der Waals surface area contributed by atoms with E-state index in [0.29, 0.717) is 45.7 Å². The predicted octanol–water partition coefficient (Wildman–Crippen LogP) is 4.43. The Balaban J connectivity index is 1.25. The van der Waals surface area contributed by atoms with E-state index in [1.165, 1.54) is 7.11 Å². The van der Waals surface area contributed by atoms with Gasteiger partial charge in [-0.25, -0.2) is 9.59 Å². The topological polar surface area (TPSA) is 155 Å². The molecule has 4 aromatic rings. The number of nitrogens with zero attached hydrogens (tertiary/aromatic N) is 2. The van der Waals surface area contributed by atoms with E-state index in [4.69, 9.17) is 16.3 Å². The molecule has 0 bridgehead atoms. The van der Waals surface area contributed by atoms with Crippen LogP contribution in [-0.4, -0.2) is 65.3 Å². The number of likely N-dealkylation sites (tertiary alicyclic amines) is 1. The lowest BCUT2D eigenvalue weighted by Crippen LogP contribution is -2.50. The molecule has 2 aliphatic heterocycles. The Labute approximate surface area is 250 Å². The number of H-pyrrole nitrogens is 1. The number of ether oxygens (including phenoxy) is 2. The van der Waals surface area contributed by atoms with Gasteiger partial charge in [0.2, 0.25) is 5.91 Å². The third-order valence-electron chi connectivity index (χ3n) is 7.66. The van der Waals surface area contributed by atoms with Crippen LogP contribution in [-0.2, 0) is 26.3 Å². The number of halogens is 1. The summed E-state index contributed by atoms with van der Waals surface area (Å²) in [5.41, 5.74) is 1.90. The van der Waals surface area contributed by atoms with Crippen molar-refractivity contribution in [2.45, 2.75) is 24.5 Å². The number of carbonyl (C=O) groups excluding carboxylic acids is 4. The number of hydrogen-bond acceptors (Lipinski definition) is 7. The monoisotopic (exact) mass is 602 g/mol. The van der Waals surface area contributed by atoms with Crippen molar-refractivity contribution in [3.63, 3.8) is 0 Å². The molecule has 43 heavy (non-hydrogen) atoms. The lowest BCUT2D eigenvalue weighted by atomic mass is 9.90. The minimum Gasteiger partial charge on any atom is -0.453 e. The highest BCUT2D eigenvalue weighted by Gasteiger charge is 2.49. The quantitative estimate of drug-likeness (QED) is 0.254. The molecule has 6 rings (SSSR count). The van der Waals surface area contributed by atoms with Gasteiger partial charge in [-0.1, -0.05) is 41.9 Å². The first-order valence-electron chi connectivity index (χ1n) is 13.5. The van der Waals surface area contributed by atoms with Crippen molar-refractivity contribution < 1.29 is 28.7 Å². The van der Waals surface area contributed by atoms with Gasteiger partial charge >= 0.3 is 12.2 Å². The second-order valence-corrected chi connectivity index (χ2v) is 10.8. The van der Waals surface area contributed by atoms with E-state index in [2.05, 4.69) is 30.9 Å². The molecule has 4 N–H and O–H groups in total. The van der Waals surface area contributed by atoms with Crippen molar-refractivity contribution in [1.82, 2.24) is 20.4 Å². The van der Waals surface area contributed by atoms with Gasteiger partial charge in [-0.05, 0) is 42.0 Å². The molecule has 3 aromatic carbocycles. The summed E-state index contributed by atoms with van der Waals surface area (Å²) in [5, 5.41) is 16.0. The number of aromatic amines is 1. The van der Waals surface area contributed by atoms with Crippen LogP contribution in [0.3, 0.4) is 0 Å². The molecule has 1 fully saturated rings. The standard InChI is InChI=1S/C30H27ClN6O6/c1-42-28(40)34-25-20-9-7-18(14-23(20)35-36-25)26(38)32-24(13-17-5-3-2-4-6-17)27(39)37-12-11-30(16-37)21-15-19(31)8-10-22(21)33-29(41)43-30/h2-10,14-15,24H,11-13,16H2,1H3,(H,32,38)(H,33,41)(H2,34,35,36,40). The third-order valence-corrected chi connectivity index (χ3v) is 7.89. The Morgan fingerprint density at radius 2 is 1.95 bits per heavy atom. The smallest absolute Gasteiger partial charge is 0.412 e. The summed E-state index contributed by atoms with van der Waals surface area (Å²) < 4.78 is 10.4. The van der Waals surface area contributed by atoms with Crippen LogP contribution in [0, 0.1) is 0 Å². The van der Waals surface area contributed by atoms with Crippen LogP contribution in [0.1, 0.15) is 27.9 Å². The first-order chi connectivity index (χ1) is 20.7. The summed E-state index contributed by atoms with van der Waals surface area (Å²) in [6.07, 6.45) is -0.647. The van der Waals surface area contributed by atoms with Crippen molar-refractivity contribution in [2.24, 2.45) is 0 Å². The number of aromatic nitrogens is 2. The highest BCUT2D eigenvalue weighted by Crippen LogP contribution is 2.44. The number of carbonyl (C=O) groups is 4. The minimum absolute atomic E-state index is 0.115. The van der Waals surface area contributed by atoms with E-state index in [-0.39, 0.29) is 24.7 Å². The lowest BCUT2D eigenvalue weighted by Gasteiger charge is -2.35. The molecule has 0 saturated carbocycles. The van der Waals surface area contributed by atoms with Gasteiger partial charge in [0.1, 0.15) is 6.04 Å². The number of amides is 4. The zero-order valence-corrected chi connectivity index (χ0v) is 23.7. The van der Waals surface area contributed by atoms with Crippen molar-refractivity contribution in [3.05, 3.63) is 88.4 Å². The molecule has 2 unspecified atom stereocenters. The molecule has 1 aromatic heterocycles. The Morgan fingerprint density at radius 1 is 1.14 bits per heavy atom. The molecule has 12 nitrogen and oxygen atoms in total. The summed E-state index contributed by atoms with van der Waals surface area (Å²) in [4.78, 5) is 53.1. The highest BCUT2D eigenvalue weighted by atomic mass is 35.5. The average molecular weight is 603 g/mol. The SMILES string of the molecule is COC(=O)Nc1n[nH]c2cc(C(=O)NC(Cc3ccccc3)C(=O)N3CCC4(C3)OC(=O)Nc3ccc(Cl)cc34)ccc12. The largest absolute Gasteiger partial charge is 0.453 e. The van der Waals surface area contributed by atoms with Crippen LogP contribution in [0.5, 0.6) is 0 Å². The maximum Gasteiger partial charge on any atom is 0.412 e. The number of fused-ring (bicyclic) bond motifs is 3. The highest BCUT2D eigenvalue weighted by molar-refractivity contribution is 6.30. The molecule has 2 atom stereocenters. The van der Waals surface area contributed by atoms with E-state index in [9.17, 15) is 19.2 Å². The number of anilines is 2. The number of nitrogens with one attached hydrogen (secondary N) is 4. The van der Waals surface area contributed by atoms with Gasteiger partial charge in [0, 0.05) is 40.9 Å². The second kappa shape index (κ2) is 11.3. The fraction of sp³-hybridized carbons (Fsp3) is 0.233. The van der Waals surface area contributed by atoms with Crippen LogP contribution < -0.4 is 16.0 Å². The van der Waals surface area contributed by atoms with Crippen molar-refractivity contribution in [3.8, 4) is 0 Å². The van der Waals surface area contributed by atoms with Gasteiger partial charge < -0.3 is 19.7 Å². The van der Waals surface area contributed by atoms with E-state index < -0.39 is 29.7 Å². The summed E-state index contributed by atoms with van der Waals surface area (Å²) in [5.74, 6) is -0.512. The van der Waals surface area contributed by atoms with Crippen molar-refractivity contribution >= 4 is 58.0 Å². The number of methoxy groups -OCH3 is 1. The number of hydrogen-bond donors (Lipinski definition) is 4. The van der Waals surface area contributed by atoms with Gasteiger partial charge in [-0.3, -0.25) is 25.3 Å². The van der Waals surface area contributed by atoms with Crippen LogP contribution in [0.25, 0.3) is 10.9 Å². The van der Waals surface area contributed by atoms with Crippen LogP contribution in [0.4, 0.5) is 21.1 Å². The molecular weight excluding hydrogens is 576 g/mol. The van der Waals surface area contributed by atoms with E-state index >= 15 is 0 Å². The zero-order chi connectivity index (χ0) is 30.1. The lowest BCUT2D eigenvalue weighted by molar-refractivity contribution is -0.133. The Kier molecular flexibility index (Phi) is 7.36. The van der Waals surface area contributed by atoms with Gasteiger partial charge in [0.25, 0.3) is 5.91 Å². The number of benzene rings is 3. The molecule has 0 radical (unpaired) electrons. The molecule has 220 valence electrons. The first-order valence-corrected chi connectivity index (χ1v) is 13.9. The fourth-order valence-corrected chi connectivity index (χ4v) is 5.73. The van der Waals surface area contributed by atoms with Gasteiger partial charge in [0.05, 0.1) is 24.9 Å². The van der Waals surface area contributed by atoms with Gasteiger partial charge in [0.15, 0.2) is 11.4 Å². The normalized spacial score (nSPS) is 18.0. The van der Waals surface area contributed by atoms with Gasteiger partial charge in [-0.15, -0.1) is 0 Å². The predicted molar refractivity (Wildman–Crippen MR) is 158 cm³/mol. The summed E-state index contributed by atoms with van der Waals surface area (Å²) in [6.45, 7) is 0.430. The second-order valence-electron chi connectivity index (χ2n) is 10.4. The third kappa shape index (κ3) is 5.56. The maximum atomic E-state index is 14.0. The molecule has 13 heteroatoms. The summed E-state index contributed by atoms with van der Waals surface area (Å²) in [7, 11) is 1.25. The van der Waals surface area contributed by atoms with E-state index in [0.717, 1.165) is 5.56 Å². The summed E-state index contributed by atoms with van der Waals surface area (Å²) >= 11 is 6.27. The molecule has 4 amide bonds. The maximum absolute atomic E-state index is 14.0. The van der Waals surface area contributed by atoms with Crippen LogP contribution in [0.2, 0.25) is 5.02 Å². The average Bonchev–Trinajstić information content (AvgIpc) is 3.61.